The molecule has 0 spiro atoms. The average molecular weight is 182 g/mol. The van der Waals surface area contributed by atoms with E-state index >= 15 is 0 Å². The Morgan fingerprint density at radius 3 is 3.15 bits per heavy atom. The van der Waals surface area contributed by atoms with Gasteiger partial charge in [0.05, 0.1) is 6.10 Å². The van der Waals surface area contributed by atoms with E-state index < -0.39 is 6.10 Å². The van der Waals surface area contributed by atoms with Gasteiger partial charge in [0.15, 0.2) is 5.69 Å². The number of nitrogens with zero attached hydrogens (tertiary/aromatic N) is 2. The van der Waals surface area contributed by atoms with Gasteiger partial charge in [0.1, 0.15) is 6.26 Å². The quantitative estimate of drug-likeness (QED) is 0.657. The lowest BCUT2D eigenvalue weighted by atomic mass is 10.3. The fraction of sp³-hybridized carbons (Fsp3) is 0.500. The second-order valence-electron chi connectivity index (χ2n) is 3.08. The minimum atomic E-state index is -0.393. The summed E-state index contributed by atoms with van der Waals surface area (Å²) >= 11 is 0. The predicted octanol–water partition coefficient (Wildman–Crippen LogP) is -0.119. The number of aliphatic hydroxyl groups excluding tert-OH is 1. The van der Waals surface area contributed by atoms with Crippen LogP contribution in [0.1, 0.15) is 16.9 Å². The van der Waals surface area contributed by atoms with Gasteiger partial charge in [0, 0.05) is 19.2 Å². The number of hydrogen-bond donors (Lipinski definition) is 1. The molecule has 1 aliphatic heterocycles. The summed E-state index contributed by atoms with van der Waals surface area (Å²) in [6.45, 7) is 0.985. The van der Waals surface area contributed by atoms with Crippen LogP contribution < -0.4 is 0 Å². The molecule has 5 heteroatoms. The van der Waals surface area contributed by atoms with Gasteiger partial charge < -0.3 is 14.5 Å². The summed E-state index contributed by atoms with van der Waals surface area (Å²) in [5, 5.41) is 12.7. The van der Waals surface area contributed by atoms with Gasteiger partial charge in [-0.05, 0) is 6.42 Å². The molecule has 1 fully saturated rings. The van der Waals surface area contributed by atoms with Crippen molar-refractivity contribution in [2.45, 2.75) is 12.5 Å². The molecule has 2 rings (SSSR count). The molecule has 0 saturated carbocycles. The van der Waals surface area contributed by atoms with Crippen molar-refractivity contribution in [1.29, 1.82) is 0 Å². The van der Waals surface area contributed by atoms with Gasteiger partial charge in [-0.15, -0.1) is 0 Å². The zero-order valence-electron chi connectivity index (χ0n) is 7.01. The number of amides is 1. The van der Waals surface area contributed by atoms with Gasteiger partial charge >= 0.3 is 0 Å². The molecule has 0 bridgehead atoms. The molecular weight excluding hydrogens is 172 g/mol. The molecule has 1 atom stereocenters. The highest BCUT2D eigenvalue weighted by atomic mass is 16.5. The Hall–Kier alpha value is -1.36. The Labute approximate surface area is 74.9 Å². The molecule has 13 heavy (non-hydrogen) atoms. The van der Waals surface area contributed by atoms with E-state index in [4.69, 9.17) is 0 Å². The van der Waals surface area contributed by atoms with Gasteiger partial charge in [0.2, 0.25) is 0 Å². The molecule has 1 saturated heterocycles. The second kappa shape index (κ2) is 3.18. The third-order valence-corrected chi connectivity index (χ3v) is 2.11. The summed E-state index contributed by atoms with van der Waals surface area (Å²) in [6.07, 6.45) is 1.61. The van der Waals surface area contributed by atoms with Gasteiger partial charge in [0.25, 0.3) is 5.91 Å². The highest BCUT2D eigenvalue weighted by Gasteiger charge is 2.26. The number of hydrogen-bond acceptors (Lipinski definition) is 4. The van der Waals surface area contributed by atoms with Crippen molar-refractivity contribution in [2.24, 2.45) is 0 Å². The highest BCUT2D eigenvalue weighted by Crippen LogP contribution is 2.11. The lowest BCUT2D eigenvalue weighted by Crippen LogP contribution is -2.29. The molecule has 1 amide bonds. The molecule has 1 aliphatic rings. The summed E-state index contributed by atoms with van der Waals surface area (Å²) in [5.74, 6) is -0.176. The SMILES string of the molecule is O=C(c1ccon1)N1CC[C@H](O)C1. The maximum absolute atomic E-state index is 11.5. The van der Waals surface area contributed by atoms with E-state index in [1.54, 1.807) is 4.90 Å². The second-order valence-corrected chi connectivity index (χ2v) is 3.08. The van der Waals surface area contributed by atoms with Crippen LogP contribution in [0.5, 0.6) is 0 Å². The Morgan fingerprint density at radius 1 is 1.77 bits per heavy atom. The minimum absolute atomic E-state index is 0.176. The number of likely N-dealkylation sites (tertiary alicyclic amines) is 1. The largest absolute Gasteiger partial charge is 0.391 e. The number of carbonyl (C=O) groups excluding carboxylic acids is 1. The van der Waals surface area contributed by atoms with E-state index in [0.717, 1.165) is 0 Å². The summed E-state index contributed by atoms with van der Waals surface area (Å²) in [5.41, 5.74) is 0.300. The molecule has 0 aliphatic carbocycles. The van der Waals surface area contributed by atoms with Gasteiger partial charge in [-0.1, -0.05) is 5.16 Å². The molecule has 0 aromatic carbocycles. The average Bonchev–Trinajstić information content (AvgIpc) is 2.72. The van der Waals surface area contributed by atoms with E-state index in [9.17, 15) is 9.90 Å². The first-order chi connectivity index (χ1) is 6.27. The smallest absolute Gasteiger partial charge is 0.276 e. The first-order valence-corrected chi connectivity index (χ1v) is 4.15. The fourth-order valence-electron chi connectivity index (χ4n) is 1.41. The third kappa shape index (κ3) is 1.55. The van der Waals surface area contributed by atoms with Crippen LogP contribution >= 0.6 is 0 Å². The number of rotatable bonds is 1. The first-order valence-electron chi connectivity index (χ1n) is 4.15. The molecule has 70 valence electrons. The van der Waals surface area contributed by atoms with Crippen LogP contribution in [0.25, 0.3) is 0 Å². The van der Waals surface area contributed by atoms with Crippen molar-refractivity contribution in [3.8, 4) is 0 Å². The van der Waals surface area contributed by atoms with Crippen molar-refractivity contribution in [3.05, 3.63) is 18.0 Å². The van der Waals surface area contributed by atoms with E-state index in [1.807, 2.05) is 0 Å². The monoisotopic (exact) mass is 182 g/mol. The molecule has 5 nitrogen and oxygen atoms in total. The standard InChI is InChI=1S/C8H10N2O3/c11-6-1-3-10(5-6)8(12)7-2-4-13-9-7/h2,4,6,11H,1,3,5H2/t6-/m0/s1. The molecule has 1 aromatic rings. The Kier molecular flexibility index (Phi) is 2.02. The van der Waals surface area contributed by atoms with Crippen molar-refractivity contribution >= 4 is 5.91 Å². The summed E-state index contributed by atoms with van der Waals surface area (Å²) in [6, 6.07) is 1.52. The van der Waals surface area contributed by atoms with Gasteiger partial charge in [-0.3, -0.25) is 4.79 Å². The van der Waals surface area contributed by atoms with E-state index in [2.05, 4.69) is 9.68 Å². The molecule has 0 radical (unpaired) electrons. The number of aliphatic hydroxyl groups is 1. The van der Waals surface area contributed by atoms with Gasteiger partial charge in [-0.2, -0.15) is 0 Å². The molecule has 1 N–H and O–H groups in total. The Bertz CT molecular complexity index is 296. The Morgan fingerprint density at radius 2 is 2.62 bits per heavy atom. The van der Waals surface area contributed by atoms with Crippen LogP contribution in [-0.4, -0.2) is 40.3 Å². The van der Waals surface area contributed by atoms with Crippen LogP contribution in [0.2, 0.25) is 0 Å². The maximum Gasteiger partial charge on any atom is 0.276 e. The van der Waals surface area contributed by atoms with Crippen molar-refractivity contribution < 1.29 is 14.4 Å². The van der Waals surface area contributed by atoms with Crippen LogP contribution in [0.15, 0.2) is 16.9 Å². The summed E-state index contributed by atoms with van der Waals surface area (Å²) in [4.78, 5) is 13.1. The molecular formula is C8H10N2O3. The lowest BCUT2D eigenvalue weighted by molar-refractivity contribution is 0.0755. The van der Waals surface area contributed by atoms with Crippen LogP contribution in [0, 0.1) is 0 Å². The van der Waals surface area contributed by atoms with E-state index in [-0.39, 0.29) is 5.91 Å². The van der Waals surface area contributed by atoms with Crippen molar-refractivity contribution in [2.75, 3.05) is 13.1 Å². The third-order valence-electron chi connectivity index (χ3n) is 2.11. The van der Waals surface area contributed by atoms with Gasteiger partial charge in [-0.25, -0.2) is 0 Å². The van der Waals surface area contributed by atoms with Crippen LogP contribution in [-0.2, 0) is 0 Å². The lowest BCUT2D eigenvalue weighted by Gasteiger charge is -2.12. The number of aromatic nitrogens is 1. The maximum atomic E-state index is 11.5. The minimum Gasteiger partial charge on any atom is -0.391 e. The summed E-state index contributed by atoms with van der Waals surface area (Å²) < 4.78 is 4.56. The molecule has 2 heterocycles. The topological polar surface area (TPSA) is 66.6 Å². The predicted molar refractivity (Wildman–Crippen MR) is 43.0 cm³/mol. The Balaban J connectivity index is 2.06. The summed E-state index contributed by atoms with van der Waals surface area (Å²) in [7, 11) is 0. The van der Waals surface area contributed by atoms with E-state index in [1.165, 1.54) is 12.3 Å². The zero-order valence-corrected chi connectivity index (χ0v) is 7.01. The van der Waals surface area contributed by atoms with E-state index in [0.29, 0.717) is 25.2 Å². The number of carbonyl (C=O) groups is 1. The van der Waals surface area contributed by atoms with Crippen LogP contribution in [0.3, 0.4) is 0 Å². The molecule has 1 aromatic heterocycles. The fourth-order valence-corrected chi connectivity index (χ4v) is 1.41. The molecule has 0 unspecified atom stereocenters. The highest BCUT2D eigenvalue weighted by molar-refractivity contribution is 5.92. The zero-order chi connectivity index (χ0) is 9.26. The first kappa shape index (κ1) is 8.25. The van der Waals surface area contributed by atoms with Crippen LogP contribution in [0.4, 0.5) is 0 Å². The number of β-amino-alcohol motifs (C(OH)–C–C–N with tert-alkyl or cyclic N) is 1. The van der Waals surface area contributed by atoms with Crippen molar-refractivity contribution in [3.63, 3.8) is 0 Å². The van der Waals surface area contributed by atoms with Crippen molar-refractivity contribution in [1.82, 2.24) is 10.1 Å². The normalized spacial score (nSPS) is 22.2.